The zero-order valence-corrected chi connectivity index (χ0v) is 11.3. The number of hydrogen-bond acceptors (Lipinski definition) is 7. The van der Waals surface area contributed by atoms with E-state index in [0.29, 0.717) is 5.75 Å². The van der Waals surface area contributed by atoms with Crippen molar-refractivity contribution in [3.63, 3.8) is 0 Å². The van der Waals surface area contributed by atoms with Gasteiger partial charge in [-0.3, -0.25) is 4.79 Å². The summed E-state index contributed by atoms with van der Waals surface area (Å²) in [6.07, 6.45) is -1.99. The van der Waals surface area contributed by atoms with Crippen molar-refractivity contribution in [3.8, 4) is 0 Å². The zero-order chi connectivity index (χ0) is 13.7. The van der Waals surface area contributed by atoms with E-state index in [0.717, 1.165) is 11.8 Å². The quantitative estimate of drug-likeness (QED) is 0.735. The van der Waals surface area contributed by atoms with E-state index in [-0.39, 0.29) is 28.1 Å². The molecule has 0 aliphatic carbocycles. The molecule has 0 spiro atoms. The minimum absolute atomic E-state index is 0.0187. The van der Waals surface area contributed by atoms with Gasteiger partial charge in [0.15, 0.2) is 16.1 Å². The Bertz CT molecular complexity index is 433. The number of nitrogens with two attached hydrogens (primary N) is 1. The average Bonchev–Trinajstić information content (AvgIpc) is 2.30. The summed E-state index contributed by atoms with van der Waals surface area (Å²) in [4.78, 5) is 10.7. The summed E-state index contributed by atoms with van der Waals surface area (Å²) in [5.74, 6) is 0.435. The maximum atomic E-state index is 10.7. The number of anilines is 1. The Morgan fingerprint density at radius 2 is 2.22 bits per heavy atom. The number of carbonyl (C=O) groups is 1. The number of aliphatic hydroxyl groups is 2. The molecule has 0 radical (unpaired) electrons. The Morgan fingerprint density at radius 1 is 1.56 bits per heavy atom. The molecule has 0 amide bonds. The monoisotopic (exact) mass is 291 g/mol. The SMILES string of the molecule is CC(=O)SCCC(O)C(O)c1cc(Cl)nnc1N. The van der Waals surface area contributed by atoms with Gasteiger partial charge in [-0.05, 0) is 12.5 Å². The molecule has 0 aliphatic heterocycles. The summed E-state index contributed by atoms with van der Waals surface area (Å²) < 4.78 is 0. The van der Waals surface area contributed by atoms with Crippen molar-refractivity contribution in [2.45, 2.75) is 25.6 Å². The van der Waals surface area contributed by atoms with Gasteiger partial charge in [-0.15, -0.1) is 10.2 Å². The minimum atomic E-state index is -1.20. The molecule has 1 aromatic heterocycles. The molecular formula is C10H14ClN3O3S. The van der Waals surface area contributed by atoms with Crippen molar-refractivity contribution in [2.75, 3.05) is 11.5 Å². The van der Waals surface area contributed by atoms with E-state index < -0.39 is 12.2 Å². The molecular weight excluding hydrogens is 278 g/mol. The van der Waals surface area contributed by atoms with Crippen LogP contribution in [0, 0.1) is 0 Å². The van der Waals surface area contributed by atoms with Gasteiger partial charge in [0.25, 0.3) is 0 Å². The van der Waals surface area contributed by atoms with Gasteiger partial charge in [0, 0.05) is 18.2 Å². The Hall–Kier alpha value is -0.890. The van der Waals surface area contributed by atoms with Gasteiger partial charge in [-0.1, -0.05) is 23.4 Å². The summed E-state index contributed by atoms with van der Waals surface area (Å²) in [6, 6.07) is 1.36. The Kier molecular flexibility index (Phi) is 5.80. The molecule has 2 atom stereocenters. The van der Waals surface area contributed by atoms with Crippen LogP contribution in [0.5, 0.6) is 0 Å². The van der Waals surface area contributed by atoms with Crippen molar-refractivity contribution >= 4 is 34.3 Å². The van der Waals surface area contributed by atoms with Crippen LogP contribution < -0.4 is 5.73 Å². The average molecular weight is 292 g/mol. The van der Waals surface area contributed by atoms with Gasteiger partial charge in [-0.25, -0.2) is 0 Å². The number of thioether (sulfide) groups is 1. The van der Waals surface area contributed by atoms with Crippen molar-refractivity contribution in [1.29, 1.82) is 0 Å². The third-order valence-electron chi connectivity index (χ3n) is 2.23. The molecule has 2 unspecified atom stereocenters. The van der Waals surface area contributed by atoms with Crippen molar-refractivity contribution < 1.29 is 15.0 Å². The van der Waals surface area contributed by atoms with Crippen LogP contribution in [0.2, 0.25) is 5.15 Å². The number of nitrogens with zero attached hydrogens (tertiary/aromatic N) is 2. The van der Waals surface area contributed by atoms with Crippen LogP contribution in [0.1, 0.15) is 25.0 Å². The van der Waals surface area contributed by atoms with E-state index in [1.54, 1.807) is 0 Å². The fourth-order valence-electron chi connectivity index (χ4n) is 1.32. The second kappa shape index (κ2) is 6.89. The van der Waals surface area contributed by atoms with Crippen molar-refractivity contribution in [3.05, 3.63) is 16.8 Å². The smallest absolute Gasteiger partial charge is 0.185 e. The standard InChI is InChI=1S/C10H14ClN3O3S/c1-5(15)18-3-2-7(16)9(17)6-4-8(11)13-14-10(6)12/h4,7,9,16-17H,2-3H2,1H3,(H2,12,14). The summed E-state index contributed by atoms with van der Waals surface area (Å²) in [5.41, 5.74) is 5.77. The first-order valence-electron chi connectivity index (χ1n) is 5.20. The normalized spacial score (nSPS) is 14.2. The molecule has 1 heterocycles. The first kappa shape index (κ1) is 15.2. The van der Waals surface area contributed by atoms with E-state index in [2.05, 4.69) is 10.2 Å². The molecule has 8 heteroatoms. The van der Waals surface area contributed by atoms with Crippen LogP contribution in [0.15, 0.2) is 6.07 Å². The van der Waals surface area contributed by atoms with E-state index in [1.165, 1.54) is 13.0 Å². The fraction of sp³-hybridized carbons (Fsp3) is 0.500. The highest BCUT2D eigenvalue weighted by Gasteiger charge is 2.22. The number of hydrogen-bond donors (Lipinski definition) is 3. The third-order valence-corrected chi connectivity index (χ3v) is 3.26. The number of aliphatic hydroxyl groups excluding tert-OH is 2. The number of carbonyl (C=O) groups excluding carboxylic acids is 1. The van der Waals surface area contributed by atoms with Gasteiger partial charge in [-0.2, -0.15) is 0 Å². The number of rotatable bonds is 5. The van der Waals surface area contributed by atoms with Crippen LogP contribution in [-0.2, 0) is 4.79 Å². The number of aromatic nitrogens is 2. The first-order valence-corrected chi connectivity index (χ1v) is 6.56. The lowest BCUT2D eigenvalue weighted by atomic mass is 10.0. The maximum Gasteiger partial charge on any atom is 0.185 e. The van der Waals surface area contributed by atoms with E-state index in [4.69, 9.17) is 17.3 Å². The number of halogens is 1. The van der Waals surface area contributed by atoms with Crippen molar-refractivity contribution in [2.24, 2.45) is 0 Å². The highest BCUT2D eigenvalue weighted by molar-refractivity contribution is 8.13. The van der Waals surface area contributed by atoms with E-state index in [1.807, 2.05) is 0 Å². The molecule has 100 valence electrons. The highest BCUT2D eigenvalue weighted by Crippen LogP contribution is 2.25. The highest BCUT2D eigenvalue weighted by atomic mass is 35.5. The second-order valence-corrected chi connectivity index (χ2v) is 5.31. The largest absolute Gasteiger partial charge is 0.390 e. The molecule has 0 aromatic carbocycles. The van der Waals surface area contributed by atoms with Gasteiger partial charge in [0.1, 0.15) is 6.10 Å². The van der Waals surface area contributed by atoms with Gasteiger partial charge in [0.05, 0.1) is 6.10 Å². The van der Waals surface area contributed by atoms with Crippen molar-refractivity contribution in [1.82, 2.24) is 10.2 Å². The summed E-state index contributed by atoms with van der Waals surface area (Å²) in [5, 5.41) is 26.8. The predicted octanol–water partition coefficient (Wildman–Crippen LogP) is 0.776. The van der Waals surface area contributed by atoms with E-state index in [9.17, 15) is 15.0 Å². The summed E-state index contributed by atoms with van der Waals surface area (Å²) in [6.45, 7) is 1.44. The topological polar surface area (TPSA) is 109 Å². The molecule has 6 nitrogen and oxygen atoms in total. The molecule has 0 fully saturated rings. The predicted molar refractivity (Wildman–Crippen MR) is 70.2 cm³/mol. The summed E-state index contributed by atoms with van der Waals surface area (Å²) >= 11 is 6.73. The molecule has 1 rings (SSSR count). The Labute approximate surface area is 114 Å². The van der Waals surface area contributed by atoms with Crippen LogP contribution in [0.3, 0.4) is 0 Å². The Morgan fingerprint density at radius 3 is 2.83 bits per heavy atom. The molecule has 0 bridgehead atoms. The van der Waals surface area contributed by atoms with Crippen LogP contribution in [0.25, 0.3) is 0 Å². The van der Waals surface area contributed by atoms with Gasteiger partial charge in [0.2, 0.25) is 0 Å². The van der Waals surface area contributed by atoms with Gasteiger partial charge >= 0.3 is 0 Å². The lowest BCUT2D eigenvalue weighted by molar-refractivity contribution is -0.109. The fourth-order valence-corrected chi connectivity index (χ4v) is 2.12. The zero-order valence-electron chi connectivity index (χ0n) is 9.71. The lowest BCUT2D eigenvalue weighted by Gasteiger charge is -2.18. The summed E-state index contributed by atoms with van der Waals surface area (Å²) in [7, 11) is 0. The van der Waals surface area contributed by atoms with Crippen LogP contribution in [0.4, 0.5) is 5.82 Å². The van der Waals surface area contributed by atoms with Gasteiger partial charge < -0.3 is 15.9 Å². The minimum Gasteiger partial charge on any atom is -0.390 e. The first-order chi connectivity index (χ1) is 8.41. The third kappa shape index (κ3) is 4.41. The number of nitrogen functional groups attached to an aromatic ring is 1. The van der Waals surface area contributed by atoms with E-state index >= 15 is 0 Å². The lowest BCUT2D eigenvalue weighted by Crippen LogP contribution is -2.21. The molecule has 0 saturated heterocycles. The molecule has 18 heavy (non-hydrogen) atoms. The Balaban J connectivity index is 2.64. The molecule has 0 aliphatic rings. The molecule has 4 N–H and O–H groups in total. The second-order valence-electron chi connectivity index (χ2n) is 3.65. The van der Waals surface area contributed by atoms with Crippen LogP contribution >= 0.6 is 23.4 Å². The maximum absolute atomic E-state index is 10.7. The molecule has 1 aromatic rings. The molecule has 0 saturated carbocycles. The van der Waals surface area contributed by atoms with Crippen LogP contribution in [-0.4, -0.2) is 37.4 Å².